The molecule has 2 aromatic rings. The zero-order valence-corrected chi connectivity index (χ0v) is 9.87. The van der Waals surface area contributed by atoms with E-state index in [9.17, 15) is 8.78 Å². The van der Waals surface area contributed by atoms with Crippen LogP contribution in [-0.4, -0.2) is 0 Å². The van der Waals surface area contributed by atoms with Gasteiger partial charge in [-0.05, 0) is 30.7 Å². The molecule has 0 aliphatic carbocycles. The van der Waals surface area contributed by atoms with Gasteiger partial charge < -0.3 is 14.9 Å². The monoisotopic (exact) mass is 253 g/mol. The van der Waals surface area contributed by atoms with Crippen LogP contribution in [0.3, 0.4) is 0 Å². The van der Waals surface area contributed by atoms with E-state index in [1.54, 1.807) is 0 Å². The van der Waals surface area contributed by atoms with E-state index in [1.807, 2.05) is 13.0 Å². The van der Waals surface area contributed by atoms with Crippen molar-refractivity contribution in [1.29, 1.82) is 0 Å². The average Bonchev–Trinajstić information content (AvgIpc) is 2.71. The first kappa shape index (κ1) is 12.6. The van der Waals surface area contributed by atoms with Gasteiger partial charge in [0.25, 0.3) is 0 Å². The van der Waals surface area contributed by atoms with Crippen LogP contribution < -0.4 is 10.5 Å². The van der Waals surface area contributed by atoms with Crippen LogP contribution >= 0.6 is 0 Å². The van der Waals surface area contributed by atoms with Crippen LogP contribution in [0.1, 0.15) is 17.1 Å². The van der Waals surface area contributed by atoms with Gasteiger partial charge in [-0.3, -0.25) is 0 Å². The van der Waals surface area contributed by atoms with E-state index in [1.165, 1.54) is 6.07 Å². The highest BCUT2D eigenvalue weighted by molar-refractivity contribution is 5.24. The normalized spacial score (nSPS) is 10.7. The van der Waals surface area contributed by atoms with Crippen molar-refractivity contribution in [1.82, 2.24) is 0 Å². The predicted octanol–water partition coefficient (Wildman–Crippen LogP) is 2.90. The Balaban J connectivity index is 2.04. The molecule has 2 N–H and O–H groups in total. The van der Waals surface area contributed by atoms with Crippen LogP contribution in [-0.2, 0) is 13.2 Å². The molecular weight excluding hydrogens is 240 g/mol. The first-order valence-electron chi connectivity index (χ1n) is 5.46. The fraction of sp³-hybridized carbons (Fsp3) is 0.231. The number of hydrogen-bond donors (Lipinski definition) is 1. The molecule has 1 aromatic carbocycles. The number of furan rings is 1. The van der Waals surface area contributed by atoms with Crippen LogP contribution in [0.25, 0.3) is 0 Å². The van der Waals surface area contributed by atoms with Crippen molar-refractivity contribution in [3.63, 3.8) is 0 Å². The Bertz CT molecular complexity index is 552. The molecule has 0 spiro atoms. The minimum atomic E-state index is -0.939. The fourth-order valence-electron chi connectivity index (χ4n) is 1.59. The lowest BCUT2D eigenvalue weighted by Gasteiger charge is -2.04. The van der Waals surface area contributed by atoms with Gasteiger partial charge in [0, 0.05) is 6.07 Å². The number of aryl methyl sites for hydroxylation is 1. The molecule has 0 fully saturated rings. The van der Waals surface area contributed by atoms with Gasteiger partial charge in [0.1, 0.15) is 23.9 Å². The van der Waals surface area contributed by atoms with E-state index >= 15 is 0 Å². The molecule has 0 saturated heterocycles. The van der Waals surface area contributed by atoms with E-state index in [4.69, 9.17) is 14.9 Å². The van der Waals surface area contributed by atoms with Crippen LogP contribution in [0.4, 0.5) is 8.78 Å². The third-order valence-electron chi connectivity index (χ3n) is 2.53. The predicted molar refractivity (Wildman–Crippen MR) is 62.0 cm³/mol. The molecule has 5 heteroatoms. The summed E-state index contributed by atoms with van der Waals surface area (Å²) in [5.74, 6) is -0.304. The van der Waals surface area contributed by atoms with Crippen LogP contribution in [0, 0.1) is 18.6 Å². The number of nitrogens with two attached hydrogens (primary N) is 1. The third-order valence-corrected chi connectivity index (χ3v) is 2.53. The van der Waals surface area contributed by atoms with Gasteiger partial charge in [0.15, 0.2) is 11.6 Å². The molecule has 0 aliphatic rings. The molecule has 2 rings (SSSR count). The summed E-state index contributed by atoms with van der Waals surface area (Å²) in [7, 11) is 0. The minimum Gasteiger partial charge on any atom is -0.486 e. The summed E-state index contributed by atoms with van der Waals surface area (Å²) in [6, 6.07) is 5.18. The number of benzene rings is 1. The van der Waals surface area contributed by atoms with Crippen molar-refractivity contribution in [3.05, 3.63) is 53.0 Å². The molecule has 1 heterocycles. The maximum Gasteiger partial charge on any atom is 0.162 e. The quantitative estimate of drug-likeness (QED) is 0.911. The molecule has 1 aromatic heterocycles. The number of ether oxygens (including phenoxy) is 1. The van der Waals surface area contributed by atoms with Gasteiger partial charge in [0.05, 0.1) is 6.54 Å². The Morgan fingerprint density at radius 1 is 1.22 bits per heavy atom. The van der Waals surface area contributed by atoms with Crippen LogP contribution in [0.5, 0.6) is 5.75 Å². The summed E-state index contributed by atoms with van der Waals surface area (Å²) < 4.78 is 36.4. The van der Waals surface area contributed by atoms with Crippen molar-refractivity contribution < 1.29 is 17.9 Å². The molecule has 3 nitrogen and oxygen atoms in total. The number of halogens is 2. The minimum absolute atomic E-state index is 0.145. The SMILES string of the molecule is Cc1cc(COc2ccc(F)c(F)c2)oc1CN. The molecule has 0 atom stereocenters. The molecule has 0 unspecified atom stereocenters. The largest absolute Gasteiger partial charge is 0.486 e. The fourth-order valence-corrected chi connectivity index (χ4v) is 1.59. The van der Waals surface area contributed by atoms with Crippen molar-refractivity contribution in [2.45, 2.75) is 20.1 Å². The van der Waals surface area contributed by atoms with Crippen LogP contribution in [0.15, 0.2) is 28.7 Å². The van der Waals surface area contributed by atoms with Gasteiger partial charge in [-0.1, -0.05) is 0 Å². The second-order valence-corrected chi connectivity index (χ2v) is 3.89. The average molecular weight is 253 g/mol. The topological polar surface area (TPSA) is 48.4 Å². The summed E-state index contributed by atoms with van der Waals surface area (Å²) in [6.07, 6.45) is 0. The van der Waals surface area contributed by atoms with Gasteiger partial charge >= 0.3 is 0 Å². The van der Waals surface area contributed by atoms with E-state index < -0.39 is 11.6 Å². The lowest BCUT2D eigenvalue weighted by atomic mass is 10.2. The number of hydrogen-bond acceptors (Lipinski definition) is 3. The highest BCUT2D eigenvalue weighted by atomic mass is 19.2. The van der Waals surface area contributed by atoms with Gasteiger partial charge in [-0.2, -0.15) is 0 Å². The first-order valence-corrected chi connectivity index (χ1v) is 5.46. The Morgan fingerprint density at radius 3 is 2.61 bits per heavy atom. The summed E-state index contributed by atoms with van der Waals surface area (Å²) in [4.78, 5) is 0. The molecule has 0 aliphatic heterocycles. The third kappa shape index (κ3) is 2.68. The molecule has 0 saturated carbocycles. The maximum absolute atomic E-state index is 12.9. The van der Waals surface area contributed by atoms with Crippen LogP contribution in [0.2, 0.25) is 0 Å². The summed E-state index contributed by atoms with van der Waals surface area (Å²) in [5.41, 5.74) is 6.43. The van der Waals surface area contributed by atoms with E-state index in [0.717, 1.165) is 17.7 Å². The van der Waals surface area contributed by atoms with Crippen molar-refractivity contribution in [2.24, 2.45) is 5.73 Å². The lowest BCUT2D eigenvalue weighted by molar-refractivity contribution is 0.264. The van der Waals surface area contributed by atoms with Crippen molar-refractivity contribution in [3.8, 4) is 5.75 Å². The standard InChI is InChI=1S/C13H13F2NO2/c1-8-4-10(18-13(8)6-16)7-17-9-2-3-11(14)12(15)5-9/h2-5H,6-7,16H2,1H3. The first-order chi connectivity index (χ1) is 8.60. The summed E-state index contributed by atoms with van der Waals surface area (Å²) in [5, 5.41) is 0. The maximum atomic E-state index is 12.9. The van der Waals surface area contributed by atoms with Gasteiger partial charge in [0.2, 0.25) is 0 Å². The Labute approximate surface area is 103 Å². The lowest BCUT2D eigenvalue weighted by Crippen LogP contribution is -1.96. The second kappa shape index (κ2) is 5.18. The zero-order valence-electron chi connectivity index (χ0n) is 9.87. The second-order valence-electron chi connectivity index (χ2n) is 3.89. The Morgan fingerprint density at radius 2 is 2.00 bits per heavy atom. The summed E-state index contributed by atoms with van der Waals surface area (Å²) in [6.45, 7) is 2.34. The molecule has 0 radical (unpaired) electrons. The van der Waals surface area contributed by atoms with Crippen molar-refractivity contribution in [2.75, 3.05) is 0 Å². The van der Waals surface area contributed by atoms with Crippen molar-refractivity contribution >= 4 is 0 Å². The van der Waals surface area contributed by atoms with E-state index in [2.05, 4.69) is 0 Å². The Hall–Kier alpha value is -1.88. The zero-order chi connectivity index (χ0) is 13.1. The molecule has 0 bridgehead atoms. The van der Waals surface area contributed by atoms with E-state index in [0.29, 0.717) is 18.1 Å². The van der Waals surface area contributed by atoms with E-state index in [-0.39, 0.29) is 12.4 Å². The molecular formula is C13H13F2NO2. The number of rotatable bonds is 4. The molecule has 18 heavy (non-hydrogen) atoms. The van der Waals surface area contributed by atoms with Gasteiger partial charge in [-0.25, -0.2) is 8.78 Å². The smallest absolute Gasteiger partial charge is 0.162 e. The Kier molecular flexibility index (Phi) is 3.62. The molecule has 0 amide bonds. The molecule has 96 valence electrons. The van der Waals surface area contributed by atoms with Gasteiger partial charge in [-0.15, -0.1) is 0 Å². The summed E-state index contributed by atoms with van der Waals surface area (Å²) >= 11 is 0. The highest BCUT2D eigenvalue weighted by Gasteiger charge is 2.08. The highest BCUT2D eigenvalue weighted by Crippen LogP contribution is 2.19.